The van der Waals surface area contributed by atoms with Crippen LogP contribution in [0.1, 0.15) is 11.1 Å². The van der Waals surface area contributed by atoms with Crippen molar-refractivity contribution in [3.8, 4) is 5.75 Å². The van der Waals surface area contributed by atoms with E-state index >= 15 is 0 Å². The maximum Gasteiger partial charge on any atom is 0.131 e. The van der Waals surface area contributed by atoms with Gasteiger partial charge in [-0.2, -0.15) is 0 Å². The molecule has 0 amide bonds. The predicted molar refractivity (Wildman–Crippen MR) is 81.7 cm³/mol. The Labute approximate surface area is 118 Å². The average Bonchev–Trinajstić information content (AvgIpc) is 2.47. The molecule has 0 saturated heterocycles. The lowest BCUT2D eigenvalue weighted by molar-refractivity contribution is 0.306. The summed E-state index contributed by atoms with van der Waals surface area (Å²) < 4.78 is 5.82. The summed E-state index contributed by atoms with van der Waals surface area (Å²) >= 11 is 0. The monoisotopic (exact) mass is 264 g/mol. The van der Waals surface area contributed by atoms with Gasteiger partial charge in [0.25, 0.3) is 0 Å². The Bertz CT molecular complexity index is 736. The fourth-order valence-electron chi connectivity index (χ4n) is 2.12. The number of pyridine rings is 1. The van der Waals surface area contributed by atoms with Crippen molar-refractivity contribution in [1.29, 1.82) is 0 Å². The molecular formula is C17H16N2O. The predicted octanol–water partition coefficient (Wildman–Crippen LogP) is 3.70. The minimum atomic E-state index is 0.549. The van der Waals surface area contributed by atoms with E-state index in [1.807, 2.05) is 24.3 Å². The Balaban J connectivity index is 1.79. The zero-order valence-corrected chi connectivity index (χ0v) is 11.3. The highest BCUT2D eigenvalue weighted by molar-refractivity contribution is 5.91. The zero-order chi connectivity index (χ0) is 13.9. The van der Waals surface area contributed by atoms with Crippen molar-refractivity contribution >= 4 is 16.6 Å². The maximum atomic E-state index is 5.83. The van der Waals surface area contributed by atoms with Crippen LogP contribution >= 0.6 is 0 Å². The van der Waals surface area contributed by atoms with Gasteiger partial charge in [0.05, 0.1) is 0 Å². The Morgan fingerprint density at radius 3 is 2.65 bits per heavy atom. The molecule has 0 atom stereocenters. The molecule has 2 N–H and O–H groups in total. The van der Waals surface area contributed by atoms with Gasteiger partial charge in [0.1, 0.15) is 18.2 Å². The Hall–Kier alpha value is -2.55. The molecule has 1 heterocycles. The van der Waals surface area contributed by atoms with E-state index in [2.05, 4.69) is 36.2 Å². The fourth-order valence-corrected chi connectivity index (χ4v) is 2.12. The van der Waals surface area contributed by atoms with E-state index in [0.29, 0.717) is 12.4 Å². The molecule has 0 spiro atoms. The second-order valence-corrected chi connectivity index (χ2v) is 4.85. The number of aromatic nitrogens is 1. The van der Waals surface area contributed by atoms with Crippen molar-refractivity contribution in [2.45, 2.75) is 13.5 Å². The smallest absolute Gasteiger partial charge is 0.131 e. The highest BCUT2D eigenvalue weighted by Crippen LogP contribution is 2.24. The lowest BCUT2D eigenvalue weighted by Gasteiger charge is -2.08. The first-order valence-electron chi connectivity index (χ1n) is 6.55. The third-order valence-electron chi connectivity index (χ3n) is 3.29. The van der Waals surface area contributed by atoms with Crippen LogP contribution in [-0.2, 0) is 6.61 Å². The molecule has 0 radical (unpaired) electrons. The van der Waals surface area contributed by atoms with Gasteiger partial charge < -0.3 is 10.5 Å². The Morgan fingerprint density at radius 1 is 1.05 bits per heavy atom. The molecule has 0 aliphatic carbocycles. The molecule has 0 aliphatic rings. The molecule has 100 valence electrons. The fraction of sp³-hybridized carbons (Fsp3) is 0.118. The number of rotatable bonds is 3. The van der Waals surface area contributed by atoms with Gasteiger partial charge in [-0.3, -0.25) is 0 Å². The molecular weight excluding hydrogens is 248 g/mol. The number of hydrogen-bond acceptors (Lipinski definition) is 3. The number of fused-ring (bicyclic) bond motifs is 1. The molecule has 3 rings (SSSR count). The molecule has 3 heteroatoms. The van der Waals surface area contributed by atoms with E-state index in [-0.39, 0.29) is 0 Å². The summed E-state index contributed by atoms with van der Waals surface area (Å²) in [7, 11) is 0. The number of nitrogens with two attached hydrogens (primary N) is 1. The van der Waals surface area contributed by atoms with Crippen molar-refractivity contribution in [2.24, 2.45) is 0 Å². The molecule has 3 nitrogen and oxygen atoms in total. The molecule has 0 fully saturated rings. The summed E-state index contributed by atoms with van der Waals surface area (Å²) in [5.74, 6) is 1.39. The lowest BCUT2D eigenvalue weighted by Crippen LogP contribution is -1.96. The molecule has 1 aromatic heterocycles. The molecule has 0 bridgehead atoms. The van der Waals surface area contributed by atoms with Crippen LogP contribution in [-0.4, -0.2) is 4.98 Å². The van der Waals surface area contributed by atoms with Crippen molar-refractivity contribution in [3.63, 3.8) is 0 Å². The third kappa shape index (κ3) is 2.57. The van der Waals surface area contributed by atoms with E-state index in [4.69, 9.17) is 10.5 Å². The summed E-state index contributed by atoms with van der Waals surface area (Å²) in [6, 6.07) is 16.1. The minimum absolute atomic E-state index is 0.549. The van der Waals surface area contributed by atoms with Gasteiger partial charge in [-0.15, -0.1) is 0 Å². The molecule has 0 aliphatic heterocycles. The van der Waals surface area contributed by atoms with E-state index < -0.39 is 0 Å². The van der Waals surface area contributed by atoms with Gasteiger partial charge in [-0.1, -0.05) is 29.8 Å². The number of benzene rings is 2. The third-order valence-corrected chi connectivity index (χ3v) is 3.29. The number of nitrogens with zero attached hydrogens (tertiary/aromatic N) is 1. The molecule has 0 saturated carbocycles. The largest absolute Gasteiger partial charge is 0.489 e. The molecule has 0 unspecified atom stereocenters. The summed E-state index contributed by atoms with van der Waals surface area (Å²) in [6.07, 6.45) is 1.71. The van der Waals surface area contributed by atoms with Gasteiger partial charge in [0.2, 0.25) is 0 Å². The van der Waals surface area contributed by atoms with Crippen LogP contribution in [0.25, 0.3) is 10.8 Å². The quantitative estimate of drug-likeness (QED) is 0.784. The number of nitrogen functional groups attached to an aromatic ring is 1. The van der Waals surface area contributed by atoms with Crippen LogP contribution in [0, 0.1) is 6.92 Å². The van der Waals surface area contributed by atoms with Crippen molar-refractivity contribution in [3.05, 3.63) is 65.9 Å². The van der Waals surface area contributed by atoms with Gasteiger partial charge in [-0.05, 0) is 42.1 Å². The van der Waals surface area contributed by atoms with Gasteiger partial charge in [0.15, 0.2) is 0 Å². The zero-order valence-electron chi connectivity index (χ0n) is 11.3. The second kappa shape index (κ2) is 5.21. The molecule has 20 heavy (non-hydrogen) atoms. The summed E-state index contributed by atoms with van der Waals surface area (Å²) in [6.45, 7) is 2.64. The Morgan fingerprint density at radius 2 is 1.85 bits per heavy atom. The van der Waals surface area contributed by atoms with Crippen LogP contribution in [0.15, 0.2) is 54.7 Å². The first kappa shape index (κ1) is 12.5. The van der Waals surface area contributed by atoms with Crippen molar-refractivity contribution < 1.29 is 4.74 Å². The van der Waals surface area contributed by atoms with Crippen LogP contribution in [0.2, 0.25) is 0 Å². The standard InChI is InChI=1S/C17H16N2O/c1-12-2-4-13(5-3-12)11-20-15-6-7-16-14(10-15)8-9-19-17(16)18/h2-10H,11H2,1H3,(H2,18,19). The highest BCUT2D eigenvalue weighted by atomic mass is 16.5. The van der Waals surface area contributed by atoms with E-state index in [1.54, 1.807) is 6.20 Å². The summed E-state index contributed by atoms with van der Waals surface area (Å²) in [5, 5.41) is 1.99. The normalized spacial score (nSPS) is 10.7. The van der Waals surface area contributed by atoms with Gasteiger partial charge in [0, 0.05) is 11.6 Å². The van der Waals surface area contributed by atoms with Gasteiger partial charge >= 0.3 is 0 Å². The SMILES string of the molecule is Cc1ccc(COc2ccc3c(N)nccc3c2)cc1. The lowest BCUT2D eigenvalue weighted by atomic mass is 10.1. The number of anilines is 1. The first-order chi connectivity index (χ1) is 9.72. The number of ether oxygens (including phenoxy) is 1. The van der Waals surface area contributed by atoms with Crippen LogP contribution in [0.4, 0.5) is 5.82 Å². The van der Waals surface area contributed by atoms with Crippen LogP contribution in [0.5, 0.6) is 5.75 Å². The number of hydrogen-bond donors (Lipinski definition) is 1. The van der Waals surface area contributed by atoms with E-state index in [9.17, 15) is 0 Å². The summed E-state index contributed by atoms with van der Waals surface area (Å²) in [4.78, 5) is 4.08. The van der Waals surface area contributed by atoms with E-state index in [0.717, 1.165) is 22.1 Å². The molecule has 3 aromatic rings. The maximum absolute atomic E-state index is 5.83. The van der Waals surface area contributed by atoms with Crippen LogP contribution in [0.3, 0.4) is 0 Å². The van der Waals surface area contributed by atoms with Crippen molar-refractivity contribution in [1.82, 2.24) is 4.98 Å². The minimum Gasteiger partial charge on any atom is -0.489 e. The highest BCUT2D eigenvalue weighted by Gasteiger charge is 2.01. The van der Waals surface area contributed by atoms with E-state index in [1.165, 1.54) is 5.56 Å². The van der Waals surface area contributed by atoms with Crippen molar-refractivity contribution in [2.75, 3.05) is 5.73 Å². The second-order valence-electron chi connectivity index (χ2n) is 4.85. The number of aryl methyl sites for hydroxylation is 1. The molecule has 2 aromatic carbocycles. The topological polar surface area (TPSA) is 48.1 Å². The van der Waals surface area contributed by atoms with Gasteiger partial charge in [-0.25, -0.2) is 4.98 Å². The summed E-state index contributed by atoms with van der Waals surface area (Å²) in [5.41, 5.74) is 8.24. The van der Waals surface area contributed by atoms with Crippen LogP contribution < -0.4 is 10.5 Å². The first-order valence-corrected chi connectivity index (χ1v) is 6.55. The Kier molecular flexibility index (Phi) is 3.25. The average molecular weight is 264 g/mol.